The predicted molar refractivity (Wildman–Crippen MR) is 98.7 cm³/mol. The fourth-order valence-electron chi connectivity index (χ4n) is 2.03. The molecule has 2 rings (SSSR count). The molecule has 0 saturated heterocycles. The zero-order valence-electron chi connectivity index (χ0n) is 13.4. The van der Waals surface area contributed by atoms with Crippen LogP contribution in [0.15, 0.2) is 12.3 Å². The molecule has 7 heteroatoms. The zero-order valence-corrected chi connectivity index (χ0v) is 16.5. The van der Waals surface area contributed by atoms with Gasteiger partial charge < -0.3 is 9.64 Å². The Morgan fingerprint density at radius 1 is 1.33 bits per heavy atom. The monoisotopic (exact) mass is 418 g/mol. The van der Waals surface area contributed by atoms with Crippen molar-refractivity contribution in [1.82, 2.24) is 14.8 Å². The first kappa shape index (κ1) is 16.7. The SMILES string of the molecule is CN(C)c1ccnc2c1c(I)nn2COCC[Si](C)(C)C. The van der Waals surface area contributed by atoms with E-state index < -0.39 is 8.07 Å². The Labute approximate surface area is 140 Å². The summed E-state index contributed by atoms with van der Waals surface area (Å²) in [5.41, 5.74) is 2.02. The van der Waals surface area contributed by atoms with Crippen LogP contribution in [0.2, 0.25) is 25.7 Å². The van der Waals surface area contributed by atoms with E-state index in [1.165, 1.54) is 6.04 Å². The van der Waals surface area contributed by atoms with Gasteiger partial charge in [-0.15, -0.1) is 0 Å². The van der Waals surface area contributed by atoms with E-state index in [-0.39, 0.29) is 0 Å². The van der Waals surface area contributed by atoms with Crippen LogP contribution >= 0.6 is 22.6 Å². The molecule has 0 aromatic carbocycles. The largest absolute Gasteiger partial charge is 0.377 e. The molecule has 2 heterocycles. The Kier molecular flexibility index (Phi) is 5.26. The molecule has 2 aromatic rings. The fourth-order valence-corrected chi connectivity index (χ4v) is 3.56. The van der Waals surface area contributed by atoms with Crippen molar-refractivity contribution in [2.24, 2.45) is 0 Å². The van der Waals surface area contributed by atoms with Gasteiger partial charge in [0, 0.05) is 35.0 Å². The number of ether oxygens (including phenoxy) is 1. The third kappa shape index (κ3) is 4.16. The number of hydrogen-bond donors (Lipinski definition) is 0. The lowest BCUT2D eigenvalue weighted by Gasteiger charge is -2.15. The van der Waals surface area contributed by atoms with Gasteiger partial charge in [0.15, 0.2) is 5.65 Å². The molecule has 0 saturated carbocycles. The highest BCUT2D eigenvalue weighted by atomic mass is 127. The molecule has 2 aromatic heterocycles. The van der Waals surface area contributed by atoms with Crippen LogP contribution in [0, 0.1) is 3.70 Å². The topological polar surface area (TPSA) is 43.2 Å². The van der Waals surface area contributed by atoms with Crippen LogP contribution in [0.1, 0.15) is 0 Å². The van der Waals surface area contributed by atoms with Crippen molar-refractivity contribution in [3.05, 3.63) is 16.0 Å². The number of hydrogen-bond acceptors (Lipinski definition) is 4. The Balaban J connectivity index is 2.17. The molecule has 21 heavy (non-hydrogen) atoms. The lowest BCUT2D eigenvalue weighted by atomic mass is 10.3. The standard InChI is InChI=1S/C14H23IN4OSi/c1-18(2)11-6-7-16-14-12(11)13(15)17-19(14)10-20-8-9-21(3,4)5/h6-7H,8-10H2,1-5H3. The van der Waals surface area contributed by atoms with Crippen molar-refractivity contribution in [2.75, 3.05) is 25.6 Å². The summed E-state index contributed by atoms with van der Waals surface area (Å²) in [6, 6.07) is 3.18. The van der Waals surface area contributed by atoms with Crippen LogP contribution < -0.4 is 4.90 Å². The van der Waals surface area contributed by atoms with Gasteiger partial charge in [0.1, 0.15) is 10.4 Å². The molecule has 116 valence electrons. The molecule has 0 atom stereocenters. The van der Waals surface area contributed by atoms with Crippen molar-refractivity contribution in [1.29, 1.82) is 0 Å². The smallest absolute Gasteiger partial charge is 0.163 e. The molecule has 0 N–H and O–H groups in total. The first-order chi connectivity index (χ1) is 9.79. The molecular weight excluding hydrogens is 395 g/mol. The summed E-state index contributed by atoms with van der Waals surface area (Å²) in [7, 11) is 3.02. The van der Waals surface area contributed by atoms with Crippen LogP contribution in [-0.4, -0.2) is 43.5 Å². The highest BCUT2D eigenvalue weighted by Gasteiger charge is 2.16. The summed E-state index contributed by atoms with van der Waals surface area (Å²) in [4.78, 5) is 6.56. The Morgan fingerprint density at radius 2 is 2.05 bits per heavy atom. The quantitative estimate of drug-likeness (QED) is 0.410. The van der Waals surface area contributed by atoms with Crippen LogP contribution in [0.25, 0.3) is 11.0 Å². The van der Waals surface area contributed by atoms with Gasteiger partial charge >= 0.3 is 0 Å². The van der Waals surface area contributed by atoms with Gasteiger partial charge in [0.05, 0.1) is 11.1 Å². The molecule has 0 amide bonds. The second-order valence-corrected chi connectivity index (χ2v) is 13.2. The van der Waals surface area contributed by atoms with E-state index in [1.807, 2.05) is 31.0 Å². The minimum Gasteiger partial charge on any atom is -0.377 e. The number of rotatable bonds is 6. The summed E-state index contributed by atoms with van der Waals surface area (Å²) >= 11 is 2.26. The van der Waals surface area contributed by atoms with Crippen LogP contribution in [-0.2, 0) is 11.5 Å². The summed E-state index contributed by atoms with van der Waals surface area (Å²) in [5.74, 6) is 0. The number of halogens is 1. The van der Waals surface area contributed by atoms with Crippen molar-refractivity contribution >= 4 is 47.4 Å². The Morgan fingerprint density at radius 3 is 2.67 bits per heavy atom. The summed E-state index contributed by atoms with van der Waals surface area (Å²) in [6.07, 6.45) is 1.83. The van der Waals surface area contributed by atoms with Crippen molar-refractivity contribution in [3.8, 4) is 0 Å². The Bertz CT molecular complexity index is 621. The van der Waals surface area contributed by atoms with Gasteiger partial charge in [0.2, 0.25) is 0 Å². The van der Waals surface area contributed by atoms with E-state index >= 15 is 0 Å². The summed E-state index contributed by atoms with van der Waals surface area (Å²) in [5, 5.41) is 5.66. The molecule has 0 aliphatic rings. The van der Waals surface area contributed by atoms with Gasteiger partial charge in [-0.1, -0.05) is 19.6 Å². The van der Waals surface area contributed by atoms with E-state index in [0.717, 1.165) is 27.0 Å². The number of pyridine rings is 1. The lowest BCUT2D eigenvalue weighted by molar-refractivity contribution is 0.0810. The highest BCUT2D eigenvalue weighted by Crippen LogP contribution is 2.28. The van der Waals surface area contributed by atoms with Crippen molar-refractivity contribution in [3.63, 3.8) is 0 Å². The fraction of sp³-hybridized carbons (Fsp3) is 0.571. The number of anilines is 1. The lowest BCUT2D eigenvalue weighted by Crippen LogP contribution is -2.22. The average Bonchev–Trinajstić information content (AvgIpc) is 2.71. The van der Waals surface area contributed by atoms with E-state index in [0.29, 0.717) is 6.73 Å². The Hall–Kier alpha value is -0.673. The molecular formula is C14H23IN4OSi. The second-order valence-electron chi connectivity index (χ2n) is 6.56. The molecule has 0 fully saturated rings. The number of fused-ring (bicyclic) bond motifs is 1. The van der Waals surface area contributed by atoms with Crippen LogP contribution in [0.4, 0.5) is 5.69 Å². The van der Waals surface area contributed by atoms with E-state index in [9.17, 15) is 0 Å². The van der Waals surface area contributed by atoms with Gasteiger partial charge in [-0.05, 0) is 34.7 Å². The number of nitrogens with zero attached hydrogens (tertiary/aromatic N) is 4. The van der Waals surface area contributed by atoms with Gasteiger partial charge in [-0.2, -0.15) is 5.10 Å². The minimum atomic E-state index is -1.05. The highest BCUT2D eigenvalue weighted by molar-refractivity contribution is 14.1. The second kappa shape index (κ2) is 6.61. The molecule has 5 nitrogen and oxygen atoms in total. The minimum absolute atomic E-state index is 0.466. The molecule has 0 aliphatic carbocycles. The van der Waals surface area contributed by atoms with E-state index in [2.05, 4.69) is 57.2 Å². The van der Waals surface area contributed by atoms with Crippen molar-refractivity contribution < 1.29 is 4.74 Å². The molecule has 0 radical (unpaired) electrons. The van der Waals surface area contributed by atoms with Gasteiger partial charge in [-0.3, -0.25) is 0 Å². The van der Waals surface area contributed by atoms with Crippen molar-refractivity contribution in [2.45, 2.75) is 32.4 Å². The molecule has 0 spiro atoms. The van der Waals surface area contributed by atoms with Gasteiger partial charge in [-0.25, -0.2) is 9.67 Å². The first-order valence-electron chi connectivity index (χ1n) is 7.06. The van der Waals surface area contributed by atoms with Crippen LogP contribution in [0.3, 0.4) is 0 Å². The third-order valence-electron chi connectivity index (χ3n) is 3.26. The maximum absolute atomic E-state index is 5.80. The van der Waals surface area contributed by atoms with Gasteiger partial charge in [0.25, 0.3) is 0 Å². The van der Waals surface area contributed by atoms with Crippen LogP contribution in [0.5, 0.6) is 0 Å². The maximum atomic E-state index is 5.80. The zero-order chi connectivity index (χ0) is 15.6. The number of aromatic nitrogens is 3. The normalized spacial score (nSPS) is 12.1. The molecule has 0 unspecified atom stereocenters. The predicted octanol–water partition coefficient (Wildman–Crippen LogP) is 3.41. The first-order valence-corrected chi connectivity index (χ1v) is 11.8. The molecule has 0 bridgehead atoms. The average molecular weight is 418 g/mol. The molecule has 0 aliphatic heterocycles. The summed E-state index contributed by atoms with van der Waals surface area (Å²) < 4.78 is 8.62. The third-order valence-corrected chi connectivity index (χ3v) is 5.72. The maximum Gasteiger partial charge on any atom is 0.163 e. The summed E-state index contributed by atoms with van der Waals surface area (Å²) in [6.45, 7) is 8.32. The van der Waals surface area contributed by atoms with E-state index in [1.54, 1.807) is 0 Å². The van der Waals surface area contributed by atoms with E-state index in [4.69, 9.17) is 4.74 Å².